The summed E-state index contributed by atoms with van der Waals surface area (Å²) in [6.07, 6.45) is 0. The molecule has 0 bridgehead atoms. The minimum Gasteiger partial charge on any atom is -0.497 e. The Bertz CT molecular complexity index is 698. The second kappa shape index (κ2) is 7.13. The molecular weight excluding hydrogens is 304 g/mol. The van der Waals surface area contributed by atoms with Crippen molar-refractivity contribution in [2.24, 2.45) is 5.92 Å². The highest BCUT2D eigenvalue weighted by molar-refractivity contribution is 5.42. The van der Waals surface area contributed by atoms with E-state index in [1.807, 2.05) is 19.1 Å². The highest BCUT2D eigenvalue weighted by atomic mass is 16.5. The molecule has 0 unspecified atom stereocenters. The average Bonchev–Trinajstić information content (AvgIpc) is 2.98. The van der Waals surface area contributed by atoms with Crippen LogP contribution >= 0.6 is 0 Å². The van der Waals surface area contributed by atoms with Crippen LogP contribution in [0.25, 0.3) is 0 Å². The van der Waals surface area contributed by atoms with Gasteiger partial charge in [-0.1, -0.05) is 6.07 Å². The zero-order chi connectivity index (χ0) is 17.1. The molecule has 6 heteroatoms. The lowest BCUT2D eigenvalue weighted by molar-refractivity contribution is 0.364. The Morgan fingerprint density at radius 2 is 2.17 bits per heavy atom. The van der Waals surface area contributed by atoms with E-state index in [1.165, 1.54) is 0 Å². The molecule has 0 aliphatic carbocycles. The number of ether oxygens (including phenoxy) is 2. The highest BCUT2D eigenvalue weighted by Crippen LogP contribution is 2.29. The van der Waals surface area contributed by atoms with Crippen LogP contribution in [0.3, 0.4) is 0 Å². The third kappa shape index (κ3) is 3.48. The van der Waals surface area contributed by atoms with Gasteiger partial charge in [-0.25, -0.2) is 4.68 Å². The first-order chi connectivity index (χ1) is 11.6. The molecule has 0 saturated heterocycles. The summed E-state index contributed by atoms with van der Waals surface area (Å²) < 4.78 is 12.8. The number of rotatable bonds is 6. The summed E-state index contributed by atoms with van der Waals surface area (Å²) in [6.45, 7) is 7.00. The Balaban J connectivity index is 1.61. The minimum absolute atomic E-state index is 0.201. The van der Waals surface area contributed by atoms with E-state index in [9.17, 15) is 0 Å². The molecule has 1 aliphatic rings. The molecular formula is C18H26N4O2. The number of anilines is 1. The second-order valence-electron chi connectivity index (χ2n) is 6.34. The van der Waals surface area contributed by atoms with E-state index in [4.69, 9.17) is 9.47 Å². The topological polar surface area (TPSA) is 60.3 Å². The summed E-state index contributed by atoms with van der Waals surface area (Å²) >= 11 is 0. The van der Waals surface area contributed by atoms with Crippen LogP contribution in [-0.4, -0.2) is 37.1 Å². The van der Waals surface area contributed by atoms with Gasteiger partial charge in [-0.05, 0) is 19.9 Å². The van der Waals surface area contributed by atoms with Crippen molar-refractivity contribution in [3.8, 4) is 11.5 Å². The number of fused-ring (bicyclic) bond motifs is 1. The number of aryl methyl sites for hydroxylation is 1. The zero-order valence-corrected chi connectivity index (χ0v) is 14.8. The monoisotopic (exact) mass is 330 g/mol. The van der Waals surface area contributed by atoms with Gasteiger partial charge in [0.1, 0.15) is 17.3 Å². The minimum atomic E-state index is 0.201. The van der Waals surface area contributed by atoms with Crippen molar-refractivity contribution in [2.45, 2.75) is 26.4 Å². The second-order valence-corrected chi connectivity index (χ2v) is 6.34. The molecule has 0 radical (unpaired) electrons. The van der Waals surface area contributed by atoms with Gasteiger partial charge in [0.05, 0.1) is 19.9 Å². The lowest BCUT2D eigenvalue weighted by Crippen LogP contribution is -2.36. The summed E-state index contributed by atoms with van der Waals surface area (Å²) in [4.78, 5) is 0. The lowest BCUT2D eigenvalue weighted by atomic mass is 10.0. The van der Waals surface area contributed by atoms with E-state index < -0.39 is 0 Å². The number of benzene rings is 1. The first-order valence-corrected chi connectivity index (χ1v) is 8.34. The van der Waals surface area contributed by atoms with E-state index >= 15 is 0 Å². The van der Waals surface area contributed by atoms with Gasteiger partial charge in [0.15, 0.2) is 0 Å². The molecule has 0 fully saturated rings. The number of nitrogens with zero attached hydrogens (tertiary/aromatic N) is 2. The van der Waals surface area contributed by atoms with Crippen LogP contribution in [0.15, 0.2) is 24.3 Å². The normalized spacial score (nSPS) is 17.8. The van der Waals surface area contributed by atoms with E-state index in [0.717, 1.165) is 48.2 Å². The zero-order valence-electron chi connectivity index (χ0n) is 14.8. The van der Waals surface area contributed by atoms with Crippen LogP contribution in [0.2, 0.25) is 0 Å². The van der Waals surface area contributed by atoms with Gasteiger partial charge in [0.25, 0.3) is 0 Å². The number of hydrogen-bond donors (Lipinski definition) is 2. The molecule has 2 heterocycles. The predicted molar refractivity (Wildman–Crippen MR) is 94.9 cm³/mol. The fourth-order valence-electron chi connectivity index (χ4n) is 3.15. The summed E-state index contributed by atoms with van der Waals surface area (Å²) in [5.41, 5.74) is 2.19. The quantitative estimate of drug-likeness (QED) is 0.852. The van der Waals surface area contributed by atoms with Crippen molar-refractivity contribution in [2.75, 3.05) is 32.6 Å². The fourth-order valence-corrected chi connectivity index (χ4v) is 3.15. The van der Waals surface area contributed by atoms with Gasteiger partial charge < -0.3 is 20.1 Å². The Kier molecular flexibility index (Phi) is 4.94. The maximum atomic E-state index is 5.50. The Morgan fingerprint density at radius 1 is 1.33 bits per heavy atom. The molecule has 1 aromatic heterocycles. The van der Waals surface area contributed by atoms with Gasteiger partial charge in [-0.2, -0.15) is 5.10 Å². The van der Waals surface area contributed by atoms with Crippen LogP contribution in [-0.2, 0) is 6.54 Å². The SMILES string of the molecule is COc1ccc([C@H](C)NC[C@H]2CNc3cc(C)nn3C2)c(OC)c1. The molecule has 1 aromatic carbocycles. The maximum Gasteiger partial charge on any atom is 0.127 e. The van der Waals surface area contributed by atoms with Crippen LogP contribution in [0.5, 0.6) is 11.5 Å². The van der Waals surface area contributed by atoms with Crippen molar-refractivity contribution < 1.29 is 9.47 Å². The Labute approximate surface area is 143 Å². The number of aromatic nitrogens is 2. The molecule has 2 aromatic rings. The summed E-state index contributed by atoms with van der Waals surface area (Å²) in [5, 5.41) is 11.6. The first-order valence-electron chi connectivity index (χ1n) is 8.34. The molecule has 2 N–H and O–H groups in total. The van der Waals surface area contributed by atoms with Crippen molar-refractivity contribution in [3.63, 3.8) is 0 Å². The average molecular weight is 330 g/mol. The maximum absolute atomic E-state index is 5.50. The van der Waals surface area contributed by atoms with Crippen LogP contribution in [0, 0.1) is 12.8 Å². The van der Waals surface area contributed by atoms with Gasteiger partial charge in [0, 0.05) is 49.3 Å². The fraction of sp³-hybridized carbons (Fsp3) is 0.500. The first kappa shape index (κ1) is 16.6. The molecule has 6 nitrogen and oxygen atoms in total. The van der Waals surface area contributed by atoms with Crippen LogP contribution < -0.4 is 20.1 Å². The third-order valence-corrected chi connectivity index (χ3v) is 4.52. The van der Waals surface area contributed by atoms with Crippen molar-refractivity contribution in [1.82, 2.24) is 15.1 Å². The molecule has 130 valence electrons. The number of hydrogen-bond acceptors (Lipinski definition) is 5. The Hall–Kier alpha value is -2.21. The van der Waals surface area contributed by atoms with Gasteiger partial charge >= 0.3 is 0 Å². The Morgan fingerprint density at radius 3 is 2.92 bits per heavy atom. The van der Waals surface area contributed by atoms with E-state index in [2.05, 4.69) is 39.5 Å². The molecule has 2 atom stereocenters. The smallest absolute Gasteiger partial charge is 0.127 e. The van der Waals surface area contributed by atoms with E-state index in [0.29, 0.717) is 5.92 Å². The summed E-state index contributed by atoms with van der Waals surface area (Å²) in [6, 6.07) is 8.25. The van der Waals surface area contributed by atoms with Gasteiger partial charge in [0.2, 0.25) is 0 Å². The van der Waals surface area contributed by atoms with Gasteiger partial charge in [-0.15, -0.1) is 0 Å². The molecule has 0 amide bonds. The lowest BCUT2D eigenvalue weighted by Gasteiger charge is -2.27. The van der Waals surface area contributed by atoms with Crippen molar-refractivity contribution >= 4 is 5.82 Å². The highest BCUT2D eigenvalue weighted by Gasteiger charge is 2.20. The van der Waals surface area contributed by atoms with Crippen LogP contribution in [0.1, 0.15) is 24.2 Å². The standard InChI is InChI=1S/C18H26N4O2/c1-12-7-18-20-10-14(11-22(18)21-12)9-19-13(2)16-6-5-15(23-3)8-17(16)24-4/h5-8,13-14,19-20H,9-11H2,1-4H3/t13-,14-/m0/s1. The largest absolute Gasteiger partial charge is 0.497 e. The van der Waals surface area contributed by atoms with Crippen molar-refractivity contribution in [1.29, 1.82) is 0 Å². The van der Waals surface area contributed by atoms with Crippen LogP contribution in [0.4, 0.5) is 5.82 Å². The molecule has 1 aliphatic heterocycles. The number of nitrogens with one attached hydrogen (secondary N) is 2. The molecule has 0 spiro atoms. The van der Waals surface area contributed by atoms with Gasteiger partial charge in [-0.3, -0.25) is 0 Å². The van der Waals surface area contributed by atoms with Crippen molar-refractivity contribution in [3.05, 3.63) is 35.5 Å². The third-order valence-electron chi connectivity index (χ3n) is 4.52. The summed E-state index contributed by atoms with van der Waals surface area (Å²) in [7, 11) is 3.36. The molecule has 24 heavy (non-hydrogen) atoms. The van der Waals surface area contributed by atoms with E-state index in [-0.39, 0.29) is 6.04 Å². The summed E-state index contributed by atoms with van der Waals surface area (Å²) in [5.74, 6) is 3.28. The molecule has 3 rings (SSSR count). The predicted octanol–water partition coefficient (Wildman–Crippen LogP) is 2.60. The molecule has 0 saturated carbocycles. The number of methoxy groups -OCH3 is 2. The van der Waals surface area contributed by atoms with E-state index in [1.54, 1.807) is 14.2 Å².